The standard InChI is InChI=1S/C18H21NO3.C8H9NO2.C6H5NO2.C4H6O6.H2O/c1-19-8-7-18-11-4-5-13(20)17(18)22-16-14(21-2)6-3-10(15(16)18)9-12(11)19;1-6(10)9-7-2-4-8(11)5-3-7;8-6(9)5-2-1-3-7-4-5;5-1(3(7)8)2(6)4(9)10;/h3,6,11-12,17H,4-5,7-9H2,1-2H3;2-5,11H,1H3,(H,9,10);1-4H,(H,8,9);1-2,5-6H,(H,7,8)(H,9,10);1H2/t11-,12+,17-,18-;;;1-,2-;/m0..1./s1. The molecule has 1 amide bonds. The zero-order chi connectivity index (χ0) is 38.3. The van der Waals surface area contributed by atoms with Crippen molar-refractivity contribution in [3.63, 3.8) is 0 Å². The summed E-state index contributed by atoms with van der Waals surface area (Å²) in [7, 11) is 3.91. The average Bonchev–Trinajstić information content (AvgIpc) is 3.48. The summed E-state index contributed by atoms with van der Waals surface area (Å²) < 4.78 is 11.8. The first kappa shape index (κ1) is 41.8. The number of ketones is 1. The molecule has 2 bridgehead atoms. The monoisotopic (exact) mass is 741 g/mol. The quantitative estimate of drug-likeness (QED) is 0.174. The van der Waals surface area contributed by atoms with Crippen molar-refractivity contribution >= 4 is 35.3 Å². The van der Waals surface area contributed by atoms with Gasteiger partial charge >= 0.3 is 17.9 Å². The van der Waals surface area contributed by atoms with Crippen LogP contribution in [0.15, 0.2) is 60.9 Å². The Kier molecular flexibility index (Phi) is 14.0. The fraction of sp³-hybridized carbons (Fsp3) is 0.389. The molecule has 3 aromatic rings. The van der Waals surface area contributed by atoms with Crippen molar-refractivity contribution in [2.45, 2.75) is 62.4 Å². The molecule has 9 N–H and O–H groups in total. The maximum atomic E-state index is 12.6. The second kappa shape index (κ2) is 17.7. The van der Waals surface area contributed by atoms with Crippen LogP contribution in [-0.2, 0) is 31.0 Å². The van der Waals surface area contributed by atoms with Gasteiger partial charge in [-0.05, 0) is 86.8 Å². The van der Waals surface area contributed by atoms with E-state index in [-0.39, 0.29) is 40.0 Å². The second-order valence-corrected chi connectivity index (χ2v) is 12.6. The molecule has 4 aliphatic rings. The zero-order valence-electron chi connectivity index (χ0n) is 29.1. The van der Waals surface area contributed by atoms with Crippen LogP contribution in [-0.4, -0.2) is 121 Å². The van der Waals surface area contributed by atoms with Crippen molar-refractivity contribution in [2.75, 3.05) is 26.0 Å². The number of pyridine rings is 1. The predicted octanol–water partition coefficient (Wildman–Crippen LogP) is 1.12. The van der Waals surface area contributed by atoms with Gasteiger partial charge in [-0.25, -0.2) is 14.4 Å². The SMILES string of the molecule is CC(=O)Nc1ccc(O)cc1.COc1ccc2c3c1O[C@H]1C(=O)CC[C@H]4[C@@H](C2)N(C)CC[C@]314.O.O=C(O)[C@H](O)[C@@H](O)C(=O)O.O=C(O)c1cccnc1. The van der Waals surface area contributed by atoms with Gasteiger partial charge in [0, 0.05) is 48.4 Å². The molecule has 3 heterocycles. The van der Waals surface area contributed by atoms with Gasteiger partial charge in [0.2, 0.25) is 5.91 Å². The molecule has 53 heavy (non-hydrogen) atoms. The maximum absolute atomic E-state index is 12.6. The number of phenolic OH excluding ortho intramolecular Hbond substituents is 1. The van der Waals surface area contributed by atoms with Crippen LogP contribution in [0.3, 0.4) is 0 Å². The van der Waals surface area contributed by atoms with Gasteiger partial charge in [-0.15, -0.1) is 0 Å². The summed E-state index contributed by atoms with van der Waals surface area (Å²) in [5.41, 5.74) is 3.48. The highest BCUT2D eigenvalue weighted by Gasteiger charge is 2.65. The number of carbonyl (C=O) groups excluding carboxylic acids is 2. The molecule has 17 nitrogen and oxygen atoms in total. The highest BCUT2D eigenvalue weighted by molar-refractivity contribution is 5.90. The number of Topliss-reactive ketones (excluding diaryl/α,β-unsaturated/α-hetero) is 1. The Balaban J connectivity index is 0.000000208. The minimum absolute atomic E-state index is 0. The molecule has 2 aliphatic carbocycles. The number of likely N-dealkylation sites (tertiary alicyclic amines) is 1. The number of benzene rings is 2. The Labute approximate surface area is 303 Å². The van der Waals surface area contributed by atoms with E-state index >= 15 is 0 Å². The van der Waals surface area contributed by atoms with Gasteiger partial charge in [-0.2, -0.15) is 0 Å². The minimum atomic E-state index is -2.27. The van der Waals surface area contributed by atoms with Gasteiger partial charge < -0.3 is 55.8 Å². The van der Waals surface area contributed by atoms with Gasteiger partial charge in [-0.3, -0.25) is 14.6 Å². The van der Waals surface area contributed by atoms with Gasteiger partial charge in [0.05, 0.1) is 12.7 Å². The van der Waals surface area contributed by atoms with E-state index in [0.717, 1.165) is 37.3 Å². The number of phenols is 1. The summed E-state index contributed by atoms with van der Waals surface area (Å²) in [6.45, 7) is 2.48. The summed E-state index contributed by atoms with van der Waals surface area (Å²) in [6, 6.07) is 14.1. The molecular weight excluding hydrogens is 698 g/mol. The van der Waals surface area contributed by atoms with Crippen LogP contribution in [0, 0.1) is 5.92 Å². The Morgan fingerprint density at radius 3 is 2.17 bits per heavy atom. The number of aromatic hydroxyl groups is 1. The molecule has 7 rings (SSSR count). The van der Waals surface area contributed by atoms with E-state index in [1.54, 1.807) is 25.3 Å². The molecule has 1 spiro atoms. The highest BCUT2D eigenvalue weighted by Crippen LogP contribution is 2.63. The van der Waals surface area contributed by atoms with Crippen LogP contribution in [0.4, 0.5) is 5.69 Å². The number of aliphatic hydroxyl groups is 2. The van der Waals surface area contributed by atoms with Crippen molar-refractivity contribution in [3.05, 3.63) is 77.6 Å². The summed E-state index contributed by atoms with van der Waals surface area (Å²) in [4.78, 5) is 59.0. The van der Waals surface area contributed by atoms with Crippen molar-refractivity contribution in [2.24, 2.45) is 5.92 Å². The van der Waals surface area contributed by atoms with E-state index in [0.29, 0.717) is 24.1 Å². The smallest absolute Gasteiger partial charge is 0.337 e. The Morgan fingerprint density at radius 2 is 1.66 bits per heavy atom. The number of nitrogens with one attached hydrogen (secondary N) is 1. The Morgan fingerprint density at radius 1 is 1.02 bits per heavy atom. The number of carboxylic acids is 3. The number of aromatic nitrogens is 1. The number of piperidine rings is 1. The molecule has 1 saturated heterocycles. The molecule has 2 aliphatic heterocycles. The van der Waals surface area contributed by atoms with E-state index in [1.165, 1.54) is 48.6 Å². The molecule has 2 aromatic carbocycles. The molecular formula is C36H43N3O14. The number of amides is 1. The lowest BCUT2D eigenvalue weighted by Crippen LogP contribution is -2.65. The number of aliphatic hydroxyl groups excluding tert-OH is 2. The first-order valence-electron chi connectivity index (χ1n) is 16.2. The second-order valence-electron chi connectivity index (χ2n) is 12.6. The number of anilines is 1. The number of rotatable bonds is 6. The van der Waals surface area contributed by atoms with Crippen molar-refractivity contribution < 1.29 is 69.6 Å². The lowest BCUT2D eigenvalue weighted by atomic mass is 9.52. The van der Waals surface area contributed by atoms with E-state index in [2.05, 4.69) is 28.3 Å². The first-order valence-corrected chi connectivity index (χ1v) is 16.2. The van der Waals surface area contributed by atoms with Crippen LogP contribution >= 0.6 is 0 Å². The number of methoxy groups -OCH3 is 1. The Hall–Kier alpha value is -5.62. The fourth-order valence-corrected chi connectivity index (χ4v) is 7.18. The van der Waals surface area contributed by atoms with E-state index in [9.17, 15) is 24.0 Å². The third-order valence-corrected chi connectivity index (χ3v) is 9.49. The summed E-state index contributed by atoms with van der Waals surface area (Å²) in [5, 5.41) is 52.3. The van der Waals surface area contributed by atoms with Gasteiger partial charge in [0.25, 0.3) is 0 Å². The topological polar surface area (TPSA) is 285 Å². The number of aliphatic carboxylic acids is 2. The number of aromatic carboxylic acids is 1. The fourth-order valence-electron chi connectivity index (χ4n) is 7.18. The lowest BCUT2D eigenvalue weighted by Gasteiger charge is -2.57. The zero-order valence-corrected chi connectivity index (χ0v) is 29.1. The average molecular weight is 742 g/mol. The van der Waals surface area contributed by atoms with Crippen molar-refractivity contribution in [1.82, 2.24) is 9.88 Å². The minimum Gasteiger partial charge on any atom is -0.508 e. The third kappa shape index (κ3) is 9.07. The molecule has 1 saturated carbocycles. The number of nitrogens with zero attached hydrogens (tertiary/aromatic N) is 2. The number of carbonyl (C=O) groups is 5. The van der Waals surface area contributed by atoms with Crippen LogP contribution in [0.25, 0.3) is 0 Å². The molecule has 2 fully saturated rings. The number of carboxylic acid groups (broad SMARTS) is 3. The predicted molar refractivity (Wildman–Crippen MR) is 186 cm³/mol. The third-order valence-electron chi connectivity index (χ3n) is 9.49. The van der Waals surface area contributed by atoms with Crippen molar-refractivity contribution in [1.29, 1.82) is 0 Å². The molecule has 6 atom stereocenters. The number of hydrogen-bond acceptors (Lipinski definition) is 12. The van der Waals surface area contributed by atoms with E-state index in [4.69, 9.17) is 40.1 Å². The number of hydrogen-bond donors (Lipinski definition) is 7. The first-order chi connectivity index (χ1) is 24.6. The Bertz CT molecular complexity index is 1770. The molecule has 17 heteroatoms. The normalized spacial score (nSPS) is 22.4. The number of likely N-dealkylation sites (N-methyl/N-ethyl adjacent to an activating group) is 1. The summed E-state index contributed by atoms with van der Waals surface area (Å²) in [6.07, 6.45) is 1.78. The van der Waals surface area contributed by atoms with Gasteiger partial charge in [0.1, 0.15) is 5.75 Å². The van der Waals surface area contributed by atoms with Crippen LogP contribution in [0.2, 0.25) is 0 Å². The number of ether oxygens (including phenoxy) is 2. The molecule has 286 valence electrons. The lowest BCUT2D eigenvalue weighted by molar-refractivity contribution is -0.165. The summed E-state index contributed by atoms with van der Waals surface area (Å²) in [5.74, 6) is -1.94. The summed E-state index contributed by atoms with van der Waals surface area (Å²) >= 11 is 0. The van der Waals surface area contributed by atoms with Gasteiger partial charge in [0.15, 0.2) is 35.6 Å². The maximum Gasteiger partial charge on any atom is 0.337 e. The molecule has 1 aromatic heterocycles. The van der Waals surface area contributed by atoms with Crippen LogP contribution in [0.5, 0.6) is 17.2 Å². The largest absolute Gasteiger partial charge is 0.508 e. The van der Waals surface area contributed by atoms with E-state index < -0.39 is 30.1 Å². The van der Waals surface area contributed by atoms with Crippen molar-refractivity contribution in [3.8, 4) is 17.2 Å². The molecule has 0 unspecified atom stereocenters. The van der Waals surface area contributed by atoms with E-state index in [1.807, 2.05) is 6.07 Å². The van der Waals surface area contributed by atoms with Crippen LogP contribution < -0.4 is 14.8 Å². The molecule has 0 radical (unpaired) electrons. The van der Waals surface area contributed by atoms with Crippen LogP contribution in [0.1, 0.15) is 47.7 Å². The van der Waals surface area contributed by atoms with Gasteiger partial charge in [-0.1, -0.05) is 6.07 Å². The highest BCUT2D eigenvalue weighted by atomic mass is 16.5.